The standard InChI is InChI=1S/C48H51F3N4O7S2/c1-7-30-24-47(30,45(58)54-64(59,60)34-20-21-34)25-38(56)37-23-33(26-55(37)44(57)36(46(4,5)6)22-28-12-16-31(17-13-28)48(49,50)51)62-43-41-40(35-10-8-9-11-39(35)63-41)52-42(53-43)29-14-18-32(19-15-29)61-27(2)3/h7-19,27,30,33-34,36-37H,1,20-26H2,2-6H3,(H,54,58)/t30-,33-,36-,37+,47-/m1/s1. The van der Waals surface area contributed by atoms with Crippen molar-refractivity contribution in [3.63, 3.8) is 0 Å². The molecule has 2 aromatic heterocycles. The first kappa shape index (κ1) is 45.2. The number of nitrogens with one attached hydrogen (secondary N) is 1. The third-order valence-corrected chi connectivity index (χ3v) is 15.5. The largest absolute Gasteiger partial charge is 0.491 e. The van der Waals surface area contributed by atoms with Crippen molar-refractivity contribution in [3.05, 3.63) is 96.6 Å². The summed E-state index contributed by atoms with van der Waals surface area (Å²) in [4.78, 5) is 55.0. The highest BCUT2D eigenvalue weighted by molar-refractivity contribution is 7.90. The number of carbonyl (C=O) groups excluding carboxylic acids is 3. The van der Waals surface area contributed by atoms with Crippen LogP contribution >= 0.6 is 11.3 Å². The summed E-state index contributed by atoms with van der Waals surface area (Å²) in [5.74, 6) is -1.51. The maximum absolute atomic E-state index is 15.0. The van der Waals surface area contributed by atoms with E-state index in [1.165, 1.54) is 28.4 Å². The Morgan fingerprint density at radius 1 is 1.00 bits per heavy atom. The zero-order valence-electron chi connectivity index (χ0n) is 36.3. The van der Waals surface area contributed by atoms with Gasteiger partial charge in [0.25, 0.3) is 0 Å². The molecule has 5 aromatic rings. The average Bonchev–Trinajstić information content (AvgIpc) is 4.14. The van der Waals surface area contributed by atoms with E-state index in [0.717, 1.165) is 22.2 Å². The monoisotopic (exact) mass is 916 g/mol. The van der Waals surface area contributed by atoms with E-state index in [1.54, 1.807) is 6.08 Å². The number of Topliss-reactive ketones (excluding diaryl/α,β-unsaturated/α-hetero) is 1. The van der Waals surface area contributed by atoms with Crippen LogP contribution in [0.5, 0.6) is 11.6 Å². The molecule has 16 heteroatoms. The molecule has 0 radical (unpaired) electrons. The number of carbonyl (C=O) groups is 3. The number of sulfonamides is 1. The first-order chi connectivity index (χ1) is 30.2. The number of ether oxygens (including phenoxy) is 2. The zero-order chi connectivity index (χ0) is 45.9. The first-order valence-electron chi connectivity index (χ1n) is 21.5. The Morgan fingerprint density at radius 2 is 1.69 bits per heavy atom. The highest BCUT2D eigenvalue weighted by Crippen LogP contribution is 2.57. The van der Waals surface area contributed by atoms with Crippen LogP contribution in [0.3, 0.4) is 0 Å². The van der Waals surface area contributed by atoms with Crippen LogP contribution in [0.15, 0.2) is 85.5 Å². The van der Waals surface area contributed by atoms with Gasteiger partial charge in [-0.1, -0.05) is 57.2 Å². The quantitative estimate of drug-likeness (QED) is 0.102. The summed E-state index contributed by atoms with van der Waals surface area (Å²) in [7, 11) is -3.92. The topological polar surface area (TPSA) is 145 Å². The van der Waals surface area contributed by atoms with Gasteiger partial charge < -0.3 is 14.4 Å². The fourth-order valence-electron chi connectivity index (χ4n) is 8.66. The number of nitrogens with zero attached hydrogens (tertiary/aromatic N) is 3. The number of rotatable bonds is 15. The Morgan fingerprint density at radius 3 is 2.30 bits per heavy atom. The Bertz CT molecular complexity index is 2730. The van der Waals surface area contributed by atoms with Gasteiger partial charge in [-0.15, -0.1) is 17.9 Å². The molecule has 1 saturated heterocycles. The lowest BCUT2D eigenvalue weighted by atomic mass is 9.76. The molecule has 3 heterocycles. The van der Waals surface area contributed by atoms with E-state index >= 15 is 4.79 Å². The maximum atomic E-state index is 15.0. The SMILES string of the molecule is C=C[C@@H]1C[C@]1(CC(=O)[C@@H]1C[C@@H](Oc2nc(-c3ccc(OC(C)C)cc3)nc3c2sc2ccccc23)CN1C(=O)[C@@H](Cc1ccc(C(F)(F)F)cc1)C(C)(C)C)C(=O)NS(=O)(=O)C1CC1. The van der Waals surface area contributed by atoms with Crippen molar-refractivity contribution in [1.82, 2.24) is 19.6 Å². The van der Waals surface area contributed by atoms with Crippen molar-refractivity contribution >= 4 is 59.3 Å². The summed E-state index contributed by atoms with van der Waals surface area (Å²) in [6.45, 7) is 13.3. The summed E-state index contributed by atoms with van der Waals surface area (Å²) < 4.78 is 82.7. The normalized spacial score (nSPS) is 21.8. The van der Waals surface area contributed by atoms with Gasteiger partial charge in [-0.05, 0) is 98.9 Å². The number of alkyl halides is 3. The molecule has 2 amide bonds. The predicted molar refractivity (Wildman–Crippen MR) is 239 cm³/mol. The first-order valence-corrected chi connectivity index (χ1v) is 23.8. The minimum atomic E-state index is -4.53. The van der Waals surface area contributed by atoms with Crippen molar-refractivity contribution in [2.24, 2.45) is 22.7 Å². The second-order valence-corrected chi connectivity index (χ2v) is 21.7. The summed E-state index contributed by atoms with van der Waals surface area (Å²) >= 11 is 1.45. The molecule has 1 aliphatic heterocycles. The molecule has 0 bridgehead atoms. The molecule has 338 valence electrons. The third-order valence-electron chi connectivity index (χ3n) is 12.5. The highest BCUT2D eigenvalue weighted by Gasteiger charge is 2.61. The van der Waals surface area contributed by atoms with Crippen molar-refractivity contribution in [2.75, 3.05) is 6.54 Å². The summed E-state index contributed by atoms with van der Waals surface area (Å²) in [5.41, 5.74) is -0.990. The molecule has 0 spiro atoms. The lowest BCUT2D eigenvalue weighted by molar-refractivity contribution is -0.144. The molecule has 11 nitrogen and oxygen atoms in total. The van der Waals surface area contributed by atoms with Gasteiger partial charge >= 0.3 is 6.18 Å². The zero-order valence-corrected chi connectivity index (χ0v) is 37.9. The van der Waals surface area contributed by atoms with Crippen LogP contribution in [0.2, 0.25) is 0 Å². The molecule has 3 aromatic carbocycles. The Kier molecular flexibility index (Phi) is 11.9. The molecule has 3 aliphatic rings. The van der Waals surface area contributed by atoms with E-state index in [1.807, 2.05) is 83.1 Å². The second kappa shape index (κ2) is 16.9. The van der Waals surface area contributed by atoms with Crippen LogP contribution in [0.4, 0.5) is 13.2 Å². The van der Waals surface area contributed by atoms with Gasteiger partial charge in [-0.3, -0.25) is 19.1 Å². The number of hydrogen-bond acceptors (Lipinski definition) is 10. The highest BCUT2D eigenvalue weighted by atomic mass is 32.2. The number of allylic oxidation sites excluding steroid dienone is 1. The van der Waals surface area contributed by atoms with Gasteiger partial charge in [0.2, 0.25) is 27.7 Å². The molecule has 5 atom stereocenters. The van der Waals surface area contributed by atoms with E-state index in [2.05, 4.69) is 11.3 Å². The number of thiophene rings is 1. The van der Waals surface area contributed by atoms with Gasteiger partial charge in [0.05, 0.1) is 40.4 Å². The van der Waals surface area contributed by atoms with Gasteiger partial charge in [0.1, 0.15) is 16.6 Å². The maximum Gasteiger partial charge on any atom is 0.416 e. The molecular formula is C48H51F3N4O7S2. The molecular weight excluding hydrogens is 866 g/mol. The number of likely N-dealkylation sites (tertiary alicyclic amines) is 1. The molecule has 8 rings (SSSR count). The van der Waals surface area contributed by atoms with Crippen molar-refractivity contribution in [3.8, 4) is 23.0 Å². The smallest absolute Gasteiger partial charge is 0.416 e. The molecule has 2 saturated carbocycles. The number of fused-ring (bicyclic) bond motifs is 3. The fraction of sp³-hybridized carbons (Fsp3) is 0.438. The summed E-state index contributed by atoms with van der Waals surface area (Å²) in [6, 6.07) is 18.8. The number of halogens is 3. The fourth-order valence-corrected chi connectivity index (χ4v) is 11.1. The molecule has 64 heavy (non-hydrogen) atoms. The molecule has 1 N–H and O–H groups in total. The van der Waals surface area contributed by atoms with Gasteiger partial charge in [0, 0.05) is 34.4 Å². The van der Waals surface area contributed by atoms with E-state index < -0.39 is 79.4 Å². The van der Waals surface area contributed by atoms with Crippen molar-refractivity contribution in [2.45, 2.75) is 103 Å². The van der Waals surface area contributed by atoms with Crippen LogP contribution in [-0.4, -0.2) is 70.9 Å². The van der Waals surface area contributed by atoms with Crippen molar-refractivity contribution < 1.29 is 45.4 Å². The number of amides is 2. The second-order valence-electron chi connectivity index (χ2n) is 18.6. The third kappa shape index (κ3) is 9.26. The minimum Gasteiger partial charge on any atom is -0.491 e. The predicted octanol–water partition coefficient (Wildman–Crippen LogP) is 9.33. The van der Waals surface area contributed by atoms with Gasteiger partial charge in [-0.25, -0.2) is 13.4 Å². The Balaban J connectivity index is 1.14. The minimum absolute atomic E-state index is 0.0217. The van der Waals surface area contributed by atoms with E-state index in [4.69, 9.17) is 19.4 Å². The van der Waals surface area contributed by atoms with E-state index in [9.17, 15) is 31.2 Å². The number of aromatic nitrogens is 2. The number of hydrogen-bond donors (Lipinski definition) is 1. The van der Waals surface area contributed by atoms with E-state index in [0.29, 0.717) is 45.8 Å². The average molecular weight is 917 g/mol. The van der Waals surface area contributed by atoms with Crippen molar-refractivity contribution in [1.29, 1.82) is 0 Å². The molecule has 0 unspecified atom stereocenters. The van der Waals surface area contributed by atoms with Gasteiger partial charge in [-0.2, -0.15) is 18.2 Å². The van der Waals surface area contributed by atoms with Gasteiger partial charge in [0.15, 0.2) is 11.6 Å². The number of ketones is 1. The Hall–Kier alpha value is -5.35. The Labute approximate surface area is 374 Å². The lowest BCUT2D eigenvalue weighted by Gasteiger charge is -2.35. The number of benzene rings is 3. The molecule has 2 aliphatic carbocycles. The molecule has 3 fully saturated rings. The summed E-state index contributed by atoms with van der Waals surface area (Å²) in [5, 5.41) is 0.245. The van der Waals surface area contributed by atoms with Crippen LogP contribution in [0, 0.1) is 22.7 Å². The lowest BCUT2D eigenvalue weighted by Crippen LogP contribution is -2.48. The van der Waals surface area contributed by atoms with Crippen LogP contribution < -0.4 is 14.2 Å². The summed E-state index contributed by atoms with van der Waals surface area (Å²) in [6.07, 6.45) is -2.88. The van der Waals surface area contributed by atoms with Crippen LogP contribution in [-0.2, 0) is 37.0 Å². The van der Waals surface area contributed by atoms with Crippen LogP contribution in [0.25, 0.3) is 31.7 Å². The van der Waals surface area contributed by atoms with Crippen LogP contribution in [0.1, 0.15) is 77.8 Å². The van der Waals surface area contributed by atoms with E-state index in [-0.39, 0.29) is 44.2 Å².